The highest BCUT2D eigenvalue weighted by Gasteiger charge is 2.27. The second kappa shape index (κ2) is 7.60. The highest BCUT2D eigenvalue weighted by atomic mass is 32.2. The molecule has 0 heterocycles. The summed E-state index contributed by atoms with van der Waals surface area (Å²) < 4.78 is 30.0. The van der Waals surface area contributed by atoms with Gasteiger partial charge in [0.1, 0.15) is 0 Å². The zero-order chi connectivity index (χ0) is 12.6. The van der Waals surface area contributed by atoms with Crippen LogP contribution in [0.2, 0.25) is 0 Å². The minimum Gasteiger partial charge on any atom is -0.383 e. The van der Waals surface area contributed by atoms with Crippen LogP contribution in [0.1, 0.15) is 26.7 Å². The molecule has 0 radical (unpaired) electrons. The monoisotopic (exact) mass is 248 g/mol. The first-order valence-electron chi connectivity index (χ1n) is 5.38. The lowest BCUT2D eigenvalue weighted by molar-refractivity contribution is 0.163. The van der Waals surface area contributed by atoms with E-state index in [1.807, 2.05) is 13.8 Å². The maximum atomic E-state index is 11.8. The number of nitriles is 1. The first-order chi connectivity index (χ1) is 7.53. The van der Waals surface area contributed by atoms with E-state index in [2.05, 4.69) is 0 Å². The van der Waals surface area contributed by atoms with Crippen molar-refractivity contribution in [3.8, 4) is 6.07 Å². The summed E-state index contributed by atoms with van der Waals surface area (Å²) in [5.74, 6) is -0.465. The second-order valence-electron chi connectivity index (χ2n) is 3.49. The molecule has 0 saturated carbocycles. The zero-order valence-electron chi connectivity index (χ0n) is 10.1. The summed E-state index contributed by atoms with van der Waals surface area (Å²) in [5, 5.41) is 8.52. The molecule has 0 saturated heterocycles. The Morgan fingerprint density at radius 3 is 2.31 bits per heavy atom. The molecule has 16 heavy (non-hydrogen) atoms. The Balaban J connectivity index is 4.85. The minimum absolute atomic E-state index is 0.0477. The molecule has 5 nitrogen and oxygen atoms in total. The van der Waals surface area contributed by atoms with Gasteiger partial charge >= 0.3 is 0 Å². The van der Waals surface area contributed by atoms with Gasteiger partial charge in [-0.1, -0.05) is 13.8 Å². The van der Waals surface area contributed by atoms with Crippen LogP contribution < -0.4 is 0 Å². The summed E-state index contributed by atoms with van der Waals surface area (Å²) in [6.45, 7) is 4.54. The number of sulfonamides is 1. The molecule has 0 bridgehead atoms. The van der Waals surface area contributed by atoms with Gasteiger partial charge in [0.05, 0.1) is 12.7 Å². The van der Waals surface area contributed by atoms with Gasteiger partial charge < -0.3 is 4.74 Å². The van der Waals surface area contributed by atoms with Gasteiger partial charge in [0, 0.05) is 19.7 Å². The molecule has 0 rings (SSSR count). The van der Waals surface area contributed by atoms with Crippen molar-refractivity contribution >= 4 is 10.0 Å². The number of nitrogens with zero attached hydrogens (tertiary/aromatic N) is 2. The summed E-state index contributed by atoms with van der Waals surface area (Å²) in [6, 6.07) is 1.65. The third kappa shape index (κ3) is 4.47. The van der Waals surface area contributed by atoms with Gasteiger partial charge in [0.25, 0.3) is 0 Å². The van der Waals surface area contributed by atoms with Crippen molar-refractivity contribution < 1.29 is 13.2 Å². The predicted molar refractivity (Wildman–Crippen MR) is 62.4 cm³/mol. The molecular weight excluding hydrogens is 228 g/mol. The number of hydrogen-bond donors (Lipinski definition) is 0. The Hall–Kier alpha value is -0.640. The highest BCUT2D eigenvalue weighted by Crippen LogP contribution is 2.13. The Bertz CT molecular complexity index is 317. The maximum Gasteiger partial charge on any atom is 0.227 e. The molecule has 0 amide bonds. The van der Waals surface area contributed by atoms with Crippen LogP contribution in [0.5, 0.6) is 0 Å². The largest absolute Gasteiger partial charge is 0.383 e. The standard InChI is InChI=1S/C10H20N2O3S/c1-4-10(5-2)12(7-8-15-3)16(13,14)9-6-11/h10H,4-5,7-9H2,1-3H3. The summed E-state index contributed by atoms with van der Waals surface area (Å²) in [4.78, 5) is 0. The molecule has 6 heteroatoms. The van der Waals surface area contributed by atoms with E-state index in [9.17, 15) is 8.42 Å². The van der Waals surface area contributed by atoms with Crippen molar-refractivity contribution in [2.24, 2.45) is 0 Å². The molecule has 0 fully saturated rings. The van der Waals surface area contributed by atoms with Crippen LogP contribution in [0, 0.1) is 11.3 Å². The Morgan fingerprint density at radius 2 is 1.94 bits per heavy atom. The highest BCUT2D eigenvalue weighted by molar-refractivity contribution is 7.89. The first-order valence-corrected chi connectivity index (χ1v) is 6.99. The lowest BCUT2D eigenvalue weighted by atomic mass is 10.2. The molecule has 0 spiro atoms. The van der Waals surface area contributed by atoms with E-state index in [1.165, 1.54) is 11.4 Å². The summed E-state index contributed by atoms with van der Waals surface area (Å²) >= 11 is 0. The first kappa shape index (κ1) is 15.4. The van der Waals surface area contributed by atoms with Crippen molar-refractivity contribution in [2.75, 3.05) is 26.0 Å². The average molecular weight is 248 g/mol. The van der Waals surface area contributed by atoms with Crippen LogP contribution in [0.3, 0.4) is 0 Å². The van der Waals surface area contributed by atoms with E-state index in [1.54, 1.807) is 6.07 Å². The van der Waals surface area contributed by atoms with E-state index >= 15 is 0 Å². The lowest BCUT2D eigenvalue weighted by Crippen LogP contribution is -2.42. The maximum absolute atomic E-state index is 11.8. The molecule has 0 aliphatic rings. The summed E-state index contributed by atoms with van der Waals surface area (Å²) in [5.41, 5.74) is 0. The fraction of sp³-hybridized carbons (Fsp3) is 0.900. The second-order valence-corrected chi connectivity index (χ2v) is 5.41. The van der Waals surface area contributed by atoms with Gasteiger partial charge in [-0.25, -0.2) is 8.42 Å². The molecule has 0 N–H and O–H groups in total. The number of hydrogen-bond acceptors (Lipinski definition) is 4. The average Bonchev–Trinajstić information content (AvgIpc) is 2.23. The van der Waals surface area contributed by atoms with Gasteiger partial charge in [-0.15, -0.1) is 0 Å². The van der Waals surface area contributed by atoms with Crippen molar-refractivity contribution in [1.82, 2.24) is 4.31 Å². The Morgan fingerprint density at radius 1 is 1.38 bits per heavy atom. The smallest absolute Gasteiger partial charge is 0.227 e. The van der Waals surface area contributed by atoms with Crippen LogP contribution in [0.15, 0.2) is 0 Å². The third-order valence-electron chi connectivity index (χ3n) is 2.47. The predicted octanol–water partition coefficient (Wildman–Crippen LogP) is 0.977. The van der Waals surface area contributed by atoms with Crippen molar-refractivity contribution in [3.63, 3.8) is 0 Å². The number of ether oxygens (including phenoxy) is 1. The zero-order valence-corrected chi connectivity index (χ0v) is 11.0. The van der Waals surface area contributed by atoms with E-state index in [-0.39, 0.29) is 6.04 Å². The van der Waals surface area contributed by atoms with E-state index in [4.69, 9.17) is 10.00 Å². The minimum atomic E-state index is -3.48. The molecular formula is C10H20N2O3S. The molecule has 0 atom stereocenters. The van der Waals surface area contributed by atoms with Gasteiger partial charge in [-0.05, 0) is 12.8 Å². The quantitative estimate of drug-likeness (QED) is 0.642. The number of methoxy groups -OCH3 is 1. The summed E-state index contributed by atoms with van der Waals surface area (Å²) in [7, 11) is -1.95. The topological polar surface area (TPSA) is 70.4 Å². The normalized spacial score (nSPS) is 12.0. The molecule has 0 aliphatic heterocycles. The van der Waals surface area contributed by atoms with Crippen LogP contribution in [-0.2, 0) is 14.8 Å². The Labute approximate surface area is 98.1 Å². The van der Waals surface area contributed by atoms with Gasteiger partial charge in [0.15, 0.2) is 5.75 Å². The van der Waals surface area contributed by atoms with Crippen molar-refractivity contribution in [1.29, 1.82) is 5.26 Å². The van der Waals surface area contributed by atoms with Crippen LogP contribution in [0.25, 0.3) is 0 Å². The van der Waals surface area contributed by atoms with Crippen molar-refractivity contribution in [2.45, 2.75) is 32.7 Å². The van der Waals surface area contributed by atoms with Gasteiger partial charge in [-0.2, -0.15) is 9.57 Å². The fourth-order valence-electron chi connectivity index (χ4n) is 1.59. The molecule has 0 unspecified atom stereocenters. The van der Waals surface area contributed by atoms with Crippen molar-refractivity contribution in [3.05, 3.63) is 0 Å². The van der Waals surface area contributed by atoms with E-state index in [0.29, 0.717) is 13.2 Å². The summed E-state index contributed by atoms with van der Waals surface area (Å²) in [6.07, 6.45) is 1.48. The molecule has 94 valence electrons. The van der Waals surface area contributed by atoms with E-state index in [0.717, 1.165) is 12.8 Å². The van der Waals surface area contributed by atoms with Crippen LogP contribution in [-0.4, -0.2) is 44.8 Å². The number of rotatable bonds is 8. The molecule has 0 aliphatic carbocycles. The van der Waals surface area contributed by atoms with Crippen LogP contribution in [0.4, 0.5) is 0 Å². The lowest BCUT2D eigenvalue weighted by Gasteiger charge is -2.28. The fourth-order valence-corrected chi connectivity index (χ4v) is 3.02. The molecule has 0 aromatic heterocycles. The Kier molecular flexibility index (Phi) is 7.30. The molecule has 0 aromatic carbocycles. The van der Waals surface area contributed by atoms with Gasteiger partial charge in [0.2, 0.25) is 10.0 Å². The molecule has 0 aromatic rings. The van der Waals surface area contributed by atoms with Gasteiger partial charge in [-0.3, -0.25) is 0 Å². The van der Waals surface area contributed by atoms with E-state index < -0.39 is 15.8 Å². The third-order valence-corrected chi connectivity index (χ3v) is 4.16. The SMILES string of the molecule is CCC(CC)N(CCOC)S(=O)(=O)CC#N. The van der Waals surface area contributed by atoms with Crippen LogP contribution >= 0.6 is 0 Å².